The maximum absolute atomic E-state index is 12.3. The van der Waals surface area contributed by atoms with Crippen molar-refractivity contribution < 1.29 is 15.0 Å². The van der Waals surface area contributed by atoms with Gasteiger partial charge in [-0.25, -0.2) is 0 Å². The van der Waals surface area contributed by atoms with Gasteiger partial charge in [0.2, 0.25) is 0 Å². The van der Waals surface area contributed by atoms with Gasteiger partial charge in [-0.2, -0.15) is 0 Å². The molecule has 0 bridgehead atoms. The Morgan fingerprint density at radius 1 is 1.25 bits per heavy atom. The number of allylic oxidation sites excluding steroid dienone is 3. The summed E-state index contributed by atoms with van der Waals surface area (Å²) in [6.07, 6.45) is 13.4. The molecule has 6 atom stereocenters. The van der Waals surface area contributed by atoms with E-state index in [1.165, 1.54) is 25.7 Å². The summed E-state index contributed by atoms with van der Waals surface area (Å²) >= 11 is 0. The van der Waals surface area contributed by atoms with Gasteiger partial charge in [0, 0.05) is 18.3 Å². The van der Waals surface area contributed by atoms with E-state index in [1.807, 2.05) is 20.8 Å². The molecule has 0 unspecified atom stereocenters. The van der Waals surface area contributed by atoms with Crippen molar-refractivity contribution in [2.75, 3.05) is 0 Å². The topological polar surface area (TPSA) is 57.5 Å². The highest BCUT2D eigenvalue weighted by atomic mass is 16.3. The molecule has 0 radical (unpaired) electrons. The number of hydrogen-bond donors (Lipinski definition) is 2. The second-order valence-electron chi connectivity index (χ2n) is 12.2. The second-order valence-corrected chi connectivity index (χ2v) is 12.2. The number of rotatable bonds is 6. The minimum absolute atomic E-state index is 0.221. The zero-order chi connectivity index (χ0) is 23.7. The molecule has 0 spiro atoms. The number of hydrogen-bond acceptors (Lipinski definition) is 3. The molecule has 0 aromatic rings. The van der Waals surface area contributed by atoms with Crippen LogP contribution in [0.4, 0.5) is 0 Å². The Labute approximate surface area is 196 Å². The van der Waals surface area contributed by atoms with Crippen LogP contribution in [0.15, 0.2) is 35.5 Å². The standard InChI is InChI=1S/C29H46O3/c1-19(9-7-11-27(32)28(3,4)5)24-14-15-25-21(10-8-16-29(24,25)6)12-13-22-17-23(30)18-26(31)20(22)2/h12-13,19,23-26,30-31H,2,7-11,14-18H2,1,3-6H3/b21-12+,22-13-/t19-,23+,24-,25+,26-,29-/m1/s1. The minimum Gasteiger partial charge on any atom is -0.393 e. The lowest BCUT2D eigenvalue weighted by Gasteiger charge is -2.44. The van der Waals surface area contributed by atoms with Gasteiger partial charge in [0.05, 0.1) is 12.2 Å². The van der Waals surface area contributed by atoms with E-state index < -0.39 is 12.2 Å². The number of carbonyl (C=O) groups excluding carboxylic acids is 1. The van der Waals surface area contributed by atoms with Crippen molar-refractivity contribution in [3.63, 3.8) is 0 Å². The van der Waals surface area contributed by atoms with Crippen molar-refractivity contribution >= 4 is 5.78 Å². The highest BCUT2D eigenvalue weighted by molar-refractivity contribution is 5.83. The molecule has 0 saturated heterocycles. The third kappa shape index (κ3) is 5.47. The van der Waals surface area contributed by atoms with Crippen LogP contribution in [0.1, 0.15) is 98.8 Å². The van der Waals surface area contributed by atoms with Crippen molar-refractivity contribution in [2.24, 2.45) is 28.6 Å². The lowest BCUT2D eigenvalue weighted by molar-refractivity contribution is -0.126. The molecule has 3 heteroatoms. The Bertz CT molecular complexity index is 768. The number of aliphatic hydroxyl groups is 2. The van der Waals surface area contributed by atoms with Gasteiger partial charge in [0.25, 0.3) is 0 Å². The summed E-state index contributed by atoms with van der Waals surface area (Å²) in [6.45, 7) is 15.1. The van der Waals surface area contributed by atoms with E-state index in [0.29, 0.717) is 42.3 Å². The molecule has 3 aliphatic rings. The fourth-order valence-electron chi connectivity index (χ4n) is 6.84. The largest absolute Gasteiger partial charge is 0.393 e. The molecule has 0 amide bonds. The zero-order valence-electron chi connectivity index (χ0n) is 21.1. The SMILES string of the molecule is C=C1/C(=C\C=C2/CCC[C@]3(C)[C@@H]([C@H](C)CCCC(=O)C(C)(C)C)CC[C@@H]23)C[C@H](O)C[C@H]1O. The molecule has 0 heterocycles. The molecule has 180 valence electrons. The monoisotopic (exact) mass is 442 g/mol. The maximum Gasteiger partial charge on any atom is 0.138 e. The molecule has 0 aromatic heterocycles. The zero-order valence-corrected chi connectivity index (χ0v) is 21.1. The number of aliphatic hydroxyl groups excluding tert-OH is 2. The Morgan fingerprint density at radius 2 is 1.97 bits per heavy atom. The van der Waals surface area contributed by atoms with Gasteiger partial charge in [-0.15, -0.1) is 0 Å². The molecule has 0 aliphatic heterocycles. The fraction of sp³-hybridized carbons (Fsp3) is 0.759. The predicted molar refractivity (Wildman–Crippen MR) is 132 cm³/mol. The van der Waals surface area contributed by atoms with E-state index in [2.05, 4.69) is 32.6 Å². The lowest BCUT2D eigenvalue weighted by atomic mass is 9.60. The summed E-state index contributed by atoms with van der Waals surface area (Å²) in [6, 6.07) is 0. The van der Waals surface area contributed by atoms with Crippen LogP contribution >= 0.6 is 0 Å². The molecule has 3 saturated carbocycles. The van der Waals surface area contributed by atoms with Crippen molar-refractivity contribution in [1.82, 2.24) is 0 Å². The van der Waals surface area contributed by atoms with Crippen LogP contribution in [0.3, 0.4) is 0 Å². The summed E-state index contributed by atoms with van der Waals surface area (Å²) in [5.74, 6) is 2.39. The highest BCUT2D eigenvalue weighted by Gasteiger charge is 2.50. The molecule has 32 heavy (non-hydrogen) atoms. The normalized spacial score (nSPS) is 37.0. The number of carbonyl (C=O) groups is 1. The Kier molecular flexibility index (Phi) is 7.93. The van der Waals surface area contributed by atoms with E-state index in [9.17, 15) is 15.0 Å². The van der Waals surface area contributed by atoms with Crippen LogP contribution in [-0.2, 0) is 4.79 Å². The van der Waals surface area contributed by atoms with Gasteiger partial charge < -0.3 is 10.2 Å². The molecular weight excluding hydrogens is 396 g/mol. The van der Waals surface area contributed by atoms with Crippen molar-refractivity contribution in [1.29, 1.82) is 0 Å². The van der Waals surface area contributed by atoms with Gasteiger partial charge in [-0.3, -0.25) is 4.79 Å². The minimum atomic E-state index is -0.623. The van der Waals surface area contributed by atoms with E-state index in [1.54, 1.807) is 5.57 Å². The predicted octanol–water partition coefficient (Wildman–Crippen LogP) is 6.55. The van der Waals surface area contributed by atoms with E-state index in [4.69, 9.17) is 0 Å². The van der Waals surface area contributed by atoms with Crippen molar-refractivity contribution in [2.45, 2.75) is 111 Å². The average Bonchev–Trinajstić information content (AvgIpc) is 3.06. The quantitative estimate of drug-likeness (QED) is 0.490. The van der Waals surface area contributed by atoms with Gasteiger partial charge in [0.15, 0.2) is 0 Å². The molecule has 2 N–H and O–H groups in total. The van der Waals surface area contributed by atoms with Crippen LogP contribution in [0.25, 0.3) is 0 Å². The lowest BCUT2D eigenvalue weighted by Crippen LogP contribution is -2.36. The van der Waals surface area contributed by atoms with E-state index in [0.717, 1.165) is 36.3 Å². The summed E-state index contributed by atoms with van der Waals surface area (Å²) in [5, 5.41) is 20.2. The average molecular weight is 443 g/mol. The number of ketones is 1. The second kappa shape index (κ2) is 9.97. The smallest absolute Gasteiger partial charge is 0.138 e. The number of fused-ring (bicyclic) bond motifs is 1. The molecule has 0 aromatic carbocycles. The Hall–Kier alpha value is -1.19. The summed E-state index contributed by atoms with van der Waals surface area (Å²) < 4.78 is 0. The van der Waals surface area contributed by atoms with Gasteiger partial charge in [-0.05, 0) is 79.3 Å². The highest BCUT2D eigenvalue weighted by Crippen LogP contribution is 2.60. The third-order valence-corrected chi connectivity index (χ3v) is 8.89. The Morgan fingerprint density at radius 3 is 2.66 bits per heavy atom. The maximum atomic E-state index is 12.3. The molecular formula is C29H46O3. The van der Waals surface area contributed by atoms with E-state index in [-0.39, 0.29) is 5.41 Å². The first-order chi connectivity index (χ1) is 14.9. The first-order valence-corrected chi connectivity index (χ1v) is 12.9. The summed E-state index contributed by atoms with van der Waals surface area (Å²) in [4.78, 5) is 12.3. The van der Waals surface area contributed by atoms with Crippen molar-refractivity contribution in [3.05, 3.63) is 35.5 Å². The fourth-order valence-corrected chi connectivity index (χ4v) is 6.84. The first kappa shape index (κ1) is 25.4. The number of Topliss-reactive ketones (excluding diaryl/α,β-unsaturated/α-hetero) is 1. The molecule has 3 nitrogen and oxygen atoms in total. The summed E-state index contributed by atoms with van der Waals surface area (Å²) in [7, 11) is 0. The van der Waals surface area contributed by atoms with Crippen LogP contribution in [-0.4, -0.2) is 28.2 Å². The summed E-state index contributed by atoms with van der Waals surface area (Å²) in [5.41, 5.74) is 3.45. The van der Waals surface area contributed by atoms with E-state index >= 15 is 0 Å². The van der Waals surface area contributed by atoms with Crippen LogP contribution in [0.2, 0.25) is 0 Å². The van der Waals surface area contributed by atoms with Crippen molar-refractivity contribution in [3.8, 4) is 0 Å². The van der Waals surface area contributed by atoms with Gasteiger partial charge >= 0.3 is 0 Å². The molecule has 3 fully saturated rings. The van der Waals surface area contributed by atoms with Gasteiger partial charge in [0.1, 0.15) is 5.78 Å². The molecule has 3 rings (SSSR count). The molecule has 3 aliphatic carbocycles. The van der Waals surface area contributed by atoms with Crippen LogP contribution in [0, 0.1) is 28.6 Å². The first-order valence-electron chi connectivity index (χ1n) is 12.9. The van der Waals surface area contributed by atoms with Crippen LogP contribution in [0.5, 0.6) is 0 Å². The third-order valence-electron chi connectivity index (χ3n) is 8.89. The van der Waals surface area contributed by atoms with Crippen LogP contribution < -0.4 is 0 Å². The Balaban J connectivity index is 1.67. The van der Waals surface area contributed by atoms with Gasteiger partial charge in [-0.1, -0.05) is 65.3 Å².